The normalized spacial score (nSPS) is 10.5. The third-order valence-corrected chi connectivity index (χ3v) is 3.56. The summed E-state index contributed by atoms with van der Waals surface area (Å²) in [6, 6.07) is 7.37. The lowest BCUT2D eigenvalue weighted by atomic mass is 10.2. The molecule has 0 aromatic heterocycles. The number of anilines is 1. The molecule has 0 amide bonds. The Morgan fingerprint density at radius 2 is 1.74 bits per heavy atom. The molecule has 0 heterocycles. The molecule has 0 bridgehead atoms. The Morgan fingerprint density at radius 1 is 1.05 bits per heavy atom. The van der Waals surface area contributed by atoms with E-state index in [0.717, 1.165) is 0 Å². The van der Waals surface area contributed by atoms with Gasteiger partial charge in [-0.15, -0.1) is 0 Å². The first-order chi connectivity index (χ1) is 8.99. The summed E-state index contributed by atoms with van der Waals surface area (Å²) in [4.78, 5) is 0. The van der Waals surface area contributed by atoms with Gasteiger partial charge in [0.05, 0.1) is 20.8 Å². The zero-order valence-electron chi connectivity index (χ0n) is 9.59. The van der Waals surface area contributed by atoms with Crippen molar-refractivity contribution in [3.8, 4) is 5.75 Å². The maximum Gasteiger partial charge on any atom is 0.144 e. The molecule has 0 fully saturated rings. The van der Waals surface area contributed by atoms with E-state index in [1.54, 1.807) is 6.07 Å². The van der Waals surface area contributed by atoms with E-state index in [-0.39, 0.29) is 12.2 Å². The molecular formula is C13H9Cl3FNO. The first kappa shape index (κ1) is 14.3. The quantitative estimate of drug-likeness (QED) is 0.812. The zero-order valence-corrected chi connectivity index (χ0v) is 11.9. The standard InChI is InChI=1S/C13H9Cl3FNO/c14-8-2-1-3-11(17)7(8)6-19-13-5-10(16)9(15)4-12(13)18/h1-5H,6,18H2. The molecule has 0 saturated heterocycles. The predicted molar refractivity (Wildman–Crippen MR) is 76.6 cm³/mol. The molecule has 100 valence electrons. The minimum Gasteiger partial charge on any atom is -0.487 e. The molecule has 0 atom stereocenters. The number of nitrogens with two attached hydrogens (primary N) is 1. The summed E-state index contributed by atoms with van der Waals surface area (Å²) >= 11 is 17.6. The Bertz CT molecular complexity index is 599. The van der Waals surface area contributed by atoms with E-state index in [4.69, 9.17) is 45.3 Å². The maximum absolute atomic E-state index is 13.6. The first-order valence-corrected chi connectivity index (χ1v) is 6.42. The predicted octanol–water partition coefficient (Wildman–Crippen LogP) is 4.95. The highest BCUT2D eigenvalue weighted by atomic mass is 35.5. The molecular weight excluding hydrogens is 312 g/mol. The van der Waals surface area contributed by atoms with Crippen LogP contribution in [0.4, 0.5) is 10.1 Å². The van der Waals surface area contributed by atoms with Crippen molar-refractivity contribution in [1.82, 2.24) is 0 Å². The molecule has 0 radical (unpaired) electrons. The Labute approximate surface area is 124 Å². The highest BCUT2D eigenvalue weighted by Crippen LogP contribution is 2.33. The summed E-state index contributed by atoms with van der Waals surface area (Å²) in [5.41, 5.74) is 6.32. The minimum absolute atomic E-state index is 0.0479. The lowest BCUT2D eigenvalue weighted by Crippen LogP contribution is -2.01. The average Bonchev–Trinajstić information content (AvgIpc) is 2.34. The van der Waals surface area contributed by atoms with E-state index < -0.39 is 5.82 Å². The van der Waals surface area contributed by atoms with Gasteiger partial charge in [-0.2, -0.15) is 0 Å². The van der Waals surface area contributed by atoms with Gasteiger partial charge in [0.1, 0.15) is 18.2 Å². The molecule has 0 saturated carbocycles. The van der Waals surface area contributed by atoms with Crippen LogP contribution in [0, 0.1) is 5.82 Å². The maximum atomic E-state index is 13.6. The second-order valence-corrected chi connectivity index (χ2v) is 5.01. The van der Waals surface area contributed by atoms with Crippen LogP contribution in [0.25, 0.3) is 0 Å². The van der Waals surface area contributed by atoms with Gasteiger partial charge in [-0.3, -0.25) is 0 Å². The van der Waals surface area contributed by atoms with Crippen LogP contribution in [0.15, 0.2) is 30.3 Å². The van der Waals surface area contributed by atoms with Crippen molar-refractivity contribution in [1.29, 1.82) is 0 Å². The van der Waals surface area contributed by atoms with Crippen molar-refractivity contribution in [3.05, 3.63) is 56.8 Å². The molecule has 2 nitrogen and oxygen atoms in total. The third kappa shape index (κ3) is 3.24. The number of ether oxygens (including phenoxy) is 1. The van der Waals surface area contributed by atoms with Crippen molar-refractivity contribution in [2.75, 3.05) is 5.73 Å². The molecule has 0 aliphatic rings. The summed E-state index contributed by atoms with van der Waals surface area (Å²) in [5.74, 6) is -0.111. The molecule has 6 heteroatoms. The summed E-state index contributed by atoms with van der Waals surface area (Å²) < 4.78 is 19.0. The van der Waals surface area contributed by atoms with Crippen molar-refractivity contribution in [2.45, 2.75) is 6.61 Å². The van der Waals surface area contributed by atoms with Gasteiger partial charge in [-0.25, -0.2) is 4.39 Å². The van der Waals surface area contributed by atoms with Crippen molar-refractivity contribution >= 4 is 40.5 Å². The molecule has 2 aromatic rings. The van der Waals surface area contributed by atoms with Crippen molar-refractivity contribution in [3.63, 3.8) is 0 Å². The van der Waals surface area contributed by atoms with Crippen LogP contribution in [-0.2, 0) is 6.61 Å². The number of halogens is 4. The summed E-state index contributed by atoms with van der Waals surface area (Å²) in [7, 11) is 0. The largest absolute Gasteiger partial charge is 0.487 e. The Balaban J connectivity index is 2.22. The van der Waals surface area contributed by atoms with Gasteiger partial charge >= 0.3 is 0 Å². The fourth-order valence-corrected chi connectivity index (χ4v) is 2.03. The van der Waals surface area contributed by atoms with Gasteiger partial charge in [-0.1, -0.05) is 40.9 Å². The van der Waals surface area contributed by atoms with Gasteiger partial charge < -0.3 is 10.5 Å². The molecule has 0 unspecified atom stereocenters. The van der Waals surface area contributed by atoms with Crippen molar-refractivity contribution in [2.24, 2.45) is 0 Å². The Kier molecular flexibility index (Phi) is 4.40. The van der Waals surface area contributed by atoms with E-state index in [1.807, 2.05) is 0 Å². The first-order valence-electron chi connectivity index (χ1n) is 5.29. The van der Waals surface area contributed by atoms with Crippen molar-refractivity contribution < 1.29 is 9.13 Å². The third-order valence-electron chi connectivity index (χ3n) is 2.49. The van der Waals surface area contributed by atoms with Crippen LogP contribution in [0.2, 0.25) is 15.1 Å². The second kappa shape index (κ2) is 5.87. The lowest BCUT2D eigenvalue weighted by Gasteiger charge is -2.11. The molecule has 2 N–H and O–H groups in total. The van der Waals surface area contributed by atoms with Gasteiger partial charge in [0.2, 0.25) is 0 Å². The average molecular weight is 321 g/mol. The Hall–Kier alpha value is -1.16. The summed E-state index contributed by atoms with van der Waals surface area (Å²) in [6.07, 6.45) is 0. The second-order valence-electron chi connectivity index (χ2n) is 3.79. The van der Waals surface area contributed by atoms with Crippen LogP contribution >= 0.6 is 34.8 Å². The minimum atomic E-state index is -0.439. The topological polar surface area (TPSA) is 35.2 Å². The molecule has 2 aromatic carbocycles. The summed E-state index contributed by atoms with van der Waals surface area (Å²) in [6.45, 7) is -0.0479. The SMILES string of the molecule is Nc1cc(Cl)c(Cl)cc1OCc1c(F)cccc1Cl. The van der Waals surface area contributed by atoms with Crippen LogP contribution in [-0.4, -0.2) is 0 Å². The molecule has 0 spiro atoms. The number of nitrogen functional groups attached to an aromatic ring is 1. The number of benzene rings is 2. The van der Waals surface area contributed by atoms with Crippen LogP contribution < -0.4 is 10.5 Å². The summed E-state index contributed by atoms with van der Waals surface area (Å²) in [5, 5.41) is 0.930. The number of rotatable bonds is 3. The van der Waals surface area contributed by atoms with Gasteiger partial charge in [-0.05, 0) is 18.2 Å². The zero-order chi connectivity index (χ0) is 14.0. The highest BCUT2D eigenvalue weighted by Gasteiger charge is 2.10. The van der Waals surface area contributed by atoms with Crippen LogP contribution in [0.1, 0.15) is 5.56 Å². The van der Waals surface area contributed by atoms with E-state index in [1.165, 1.54) is 24.3 Å². The molecule has 19 heavy (non-hydrogen) atoms. The van der Waals surface area contributed by atoms with Gasteiger partial charge in [0, 0.05) is 11.6 Å². The van der Waals surface area contributed by atoms with E-state index in [9.17, 15) is 4.39 Å². The van der Waals surface area contributed by atoms with Crippen LogP contribution in [0.5, 0.6) is 5.75 Å². The molecule has 0 aliphatic carbocycles. The fraction of sp³-hybridized carbons (Fsp3) is 0.0769. The Morgan fingerprint density at radius 3 is 2.42 bits per heavy atom. The molecule has 0 aliphatic heterocycles. The van der Waals surface area contributed by atoms with Gasteiger partial charge in [0.15, 0.2) is 0 Å². The number of hydrogen-bond donors (Lipinski definition) is 1. The van der Waals surface area contributed by atoms with Gasteiger partial charge in [0.25, 0.3) is 0 Å². The smallest absolute Gasteiger partial charge is 0.144 e. The van der Waals surface area contributed by atoms with E-state index >= 15 is 0 Å². The van der Waals surface area contributed by atoms with Crippen LogP contribution in [0.3, 0.4) is 0 Å². The van der Waals surface area contributed by atoms with E-state index in [0.29, 0.717) is 26.5 Å². The molecule has 2 rings (SSSR count). The monoisotopic (exact) mass is 319 g/mol. The number of hydrogen-bond acceptors (Lipinski definition) is 2. The highest BCUT2D eigenvalue weighted by molar-refractivity contribution is 6.42. The fourth-order valence-electron chi connectivity index (χ4n) is 1.49. The van der Waals surface area contributed by atoms with E-state index in [2.05, 4.69) is 0 Å². The lowest BCUT2D eigenvalue weighted by molar-refractivity contribution is 0.301.